The molecule has 5 nitrogen and oxygen atoms in total. The van der Waals surface area contributed by atoms with E-state index in [4.69, 9.17) is 10.5 Å². The Balaban J connectivity index is 2.11. The van der Waals surface area contributed by atoms with Crippen LogP contribution >= 0.6 is 11.8 Å². The zero-order valence-electron chi connectivity index (χ0n) is 9.64. The van der Waals surface area contributed by atoms with Gasteiger partial charge in [-0.1, -0.05) is 10.3 Å². The van der Waals surface area contributed by atoms with E-state index in [1.54, 1.807) is 18.9 Å². The largest absolute Gasteiger partial charge is 0.497 e. The van der Waals surface area contributed by atoms with Crippen LogP contribution in [-0.2, 0) is 5.75 Å². The van der Waals surface area contributed by atoms with E-state index >= 15 is 0 Å². The lowest BCUT2D eigenvalue weighted by Crippen LogP contribution is -1.92. The number of aryl methyl sites for hydroxylation is 1. The van der Waals surface area contributed by atoms with Crippen LogP contribution in [0.5, 0.6) is 5.75 Å². The Morgan fingerprint density at radius 2 is 2.24 bits per heavy atom. The third-order valence-electron chi connectivity index (χ3n) is 2.33. The second-order valence-electron chi connectivity index (χ2n) is 3.49. The maximum Gasteiger partial charge on any atom is 0.120 e. The molecule has 2 N–H and O–H groups in total. The summed E-state index contributed by atoms with van der Waals surface area (Å²) in [6.45, 7) is 1.86. The Labute approximate surface area is 103 Å². The minimum atomic E-state index is 0.673. The minimum Gasteiger partial charge on any atom is -0.497 e. The molecule has 0 fully saturated rings. The zero-order valence-corrected chi connectivity index (χ0v) is 10.5. The fourth-order valence-corrected chi connectivity index (χ4v) is 2.28. The highest BCUT2D eigenvalue weighted by Gasteiger charge is 2.08. The lowest BCUT2D eigenvalue weighted by atomic mass is 10.3. The van der Waals surface area contributed by atoms with Crippen molar-refractivity contribution >= 4 is 17.4 Å². The smallest absolute Gasteiger partial charge is 0.120 e. The Morgan fingerprint density at radius 3 is 2.88 bits per heavy atom. The minimum absolute atomic E-state index is 0.673. The van der Waals surface area contributed by atoms with Crippen molar-refractivity contribution in [3.63, 3.8) is 0 Å². The molecule has 0 aliphatic heterocycles. The van der Waals surface area contributed by atoms with Crippen molar-refractivity contribution < 1.29 is 9.37 Å². The van der Waals surface area contributed by atoms with E-state index in [1.807, 2.05) is 25.1 Å². The Kier molecular flexibility index (Phi) is 3.53. The van der Waals surface area contributed by atoms with Crippen LogP contribution < -0.4 is 10.5 Å². The molecule has 6 heteroatoms. The van der Waals surface area contributed by atoms with E-state index in [2.05, 4.69) is 14.9 Å². The molecule has 0 unspecified atom stereocenters. The van der Waals surface area contributed by atoms with E-state index in [0.717, 1.165) is 27.7 Å². The monoisotopic (exact) mass is 251 g/mol. The van der Waals surface area contributed by atoms with Crippen LogP contribution in [0.15, 0.2) is 27.7 Å². The van der Waals surface area contributed by atoms with Gasteiger partial charge in [0.15, 0.2) is 0 Å². The molecule has 0 spiro atoms. The molecule has 1 heterocycles. The van der Waals surface area contributed by atoms with E-state index < -0.39 is 0 Å². The predicted octanol–water partition coefficient (Wildman–Crippen LogP) is 2.26. The van der Waals surface area contributed by atoms with Gasteiger partial charge in [0, 0.05) is 16.3 Å². The topological polar surface area (TPSA) is 74.2 Å². The maximum atomic E-state index is 5.89. The molecule has 0 atom stereocenters. The molecule has 17 heavy (non-hydrogen) atoms. The highest BCUT2D eigenvalue weighted by molar-refractivity contribution is 7.98. The number of methoxy groups -OCH3 is 1. The fourth-order valence-electron chi connectivity index (χ4n) is 1.29. The zero-order chi connectivity index (χ0) is 12.3. The maximum absolute atomic E-state index is 5.89. The Morgan fingerprint density at radius 1 is 1.41 bits per heavy atom. The van der Waals surface area contributed by atoms with Gasteiger partial charge in [0.05, 0.1) is 7.11 Å². The lowest BCUT2D eigenvalue weighted by Gasteiger charge is -2.06. The van der Waals surface area contributed by atoms with Gasteiger partial charge in [0.2, 0.25) is 0 Å². The van der Waals surface area contributed by atoms with Gasteiger partial charge >= 0.3 is 0 Å². The number of hydrogen-bond donors (Lipinski definition) is 1. The molecule has 0 aliphatic rings. The second kappa shape index (κ2) is 5.09. The first-order valence-corrected chi connectivity index (χ1v) is 6.03. The normalized spacial score (nSPS) is 10.5. The number of rotatable bonds is 4. The van der Waals surface area contributed by atoms with Crippen molar-refractivity contribution in [2.75, 3.05) is 12.8 Å². The Hall–Kier alpha value is -1.69. The van der Waals surface area contributed by atoms with Gasteiger partial charge in [-0.3, -0.25) is 0 Å². The summed E-state index contributed by atoms with van der Waals surface area (Å²) in [5.74, 6) is 1.46. The summed E-state index contributed by atoms with van der Waals surface area (Å²) in [5, 5.41) is 7.55. The summed E-state index contributed by atoms with van der Waals surface area (Å²) in [5.41, 5.74) is 8.25. The van der Waals surface area contributed by atoms with E-state index in [9.17, 15) is 0 Å². The molecule has 0 saturated carbocycles. The average Bonchev–Trinajstić information content (AvgIpc) is 2.74. The van der Waals surface area contributed by atoms with Gasteiger partial charge in [-0.2, -0.15) is 0 Å². The molecule has 2 rings (SSSR count). The van der Waals surface area contributed by atoms with Gasteiger partial charge in [-0.25, -0.2) is 4.63 Å². The second-order valence-corrected chi connectivity index (χ2v) is 4.51. The fraction of sp³-hybridized carbons (Fsp3) is 0.273. The summed E-state index contributed by atoms with van der Waals surface area (Å²) < 4.78 is 9.79. The van der Waals surface area contributed by atoms with E-state index in [-0.39, 0.29) is 0 Å². The Bertz CT molecular complexity index is 513. The third-order valence-corrected chi connectivity index (χ3v) is 3.41. The van der Waals surface area contributed by atoms with Crippen LogP contribution in [0.3, 0.4) is 0 Å². The number of nitrogen functional groups attached to an aromatic ring is 1. The van der Waals surface area contributed by atoms with Crippen LogP contribution in [0.25, 0.3) is 0 Å². The molecule has 2 aromatic rings. The van der Waals surface area contributed by atoms with Crippen molar-refractivity contribution in [1.29, 1.82) is 0 Å². The number of aromatic nitrogens is 2. The van der Waals surface area contributed by atoms with E-state index in [0.29, 0.717) is 5.75 Å². The standard InChI is InChI=1S/C11H13N3O2S/c1-7-10(14-16-13-7)6-17-11-5-8(15-2)3-4-9(11)12/h3-5H,6,12H2,1-2H3. The van der Waals surface area contributed by atoms with Crippen LogP contribution in [0.4, 0.5) is 5.69 Å². The SMILES string of the molecule is COc1ccc(N)c(SCc2nonc2C)c1. The van der Waals surface area contributed by atoms with Crippen molar-refractivity contribution in [2.24, 2.45) is 0 Å². The first-order valence-electron chi connectivity index (χ1n) is 5.05. The van der Waals surface area contributed by atoms with Crippen molar-refractivity contribution in [3.8, 4) is 5.75 Å². The molecule has 1 aromatic heterocycles. The van der Waals surface area contributed by atoms with Gasteiger partial charge in [-0.15, -0.1) is 11.8 Å². The number of thioether (sulfide) groups is 1. The first-order chi connectivity index (χ1) is 8.20. The number of nitrogens with two attached hydrogens (primary N) is 1. The number of anilines is 1. The quantitative estimate of drug-likeness (QED) is 0.663. The molecular formula is C11H13N3O2S. The molecular weight excluding hydrogens is 238 g/mol. The lowest BCUT2D eigenvalue weighted by molar-refractivity contribution is 0.302. The van der Waals surface area contributed by atoms with Gasteiger partial charge < -0.3 is 10.5 Å². The highest BCUT2D eigenvalue weighted by Crippen LogP contribution is 2.31. The summed E-state index contributed by atoms with van der Waals surface area (Å²) in [6.07, 6.45) is 0. The summed E-state index contributed by atoms with van der Waals surface area (Å²) in [7, 11) is 1.63. The molecule has 90 valence electrons. The van der Waals surface area contributed by atoms with Crippen molar-refractivity contribution in [3.05, 3.63) is 29.6 Å². The van der Waals surface area contributed by atoms with E-state index in [1.165, 1.54) is 0 Å². The number of benzene rings is 1. The van der Waals surface area contributed by atoms with Gasteiger partial charge in [0.25, 0.3) is 0 Å². The summed E-state index contributed by atoms with van der Waals surface area (Å²) >= 11 is 1.58. The van der Waals surface area contributed by atoms with Crippen LogP contribution in [-0.4, -0.2) is 17.4 Å². The van der Waals surface area contributed by atoms with Crippen LogP contribution in [0.1, 0.15) is 11.4 Å². The number of nitrogens with zero attached hydrogens (tertiary/aromatic N) is 2. The molecule has 0 aliphatic carbocycles. The first kappa shape index (κ1) is 11.8. The van der Waals surface area contributed by atoms with Gasteiger partial charge in [-0.05, 0) is 25.1 Å². The molecule has 0 saturated heterocycles. The van der Waals surface area contributed by atoms with Crippen LogP contribution in [0, 0.1) is 6.92 Å². The molecule has 0 amide bonds. The average molecular weight is 251 g/mol. The van der Waals surface area contributed by atoms with Crippen molar-refractivity contribution in [1.82, 2.24) is 10.3 Å². The van der Waals surface area contributed by atoms with Crippen molar-refractivity contribution in [2.45, 2.75) is 17.6 Å². The highest BCUT2D eigenvalue weighted by atomic mass is 32.2. The third kappa shape index (κ3) is 2.71. The molecule has 1 aromatic carbocycles. The summed E-state index contributed by atoms with van der Waals surface area (Å²) in [4.78, 5) is 0.965. The molecule has 0 bridgehead atoms. The van der Waals surface area contributed by atoms with Gasteiger partial charge in [0.1, 0.15) is 17.1 Å². The van der Waals surface area contributed by atoms with Crippen LogP contribution in [0.2, 0.25) is 0 Å². The number of hydrogen-bond acceptors (Lipinski definition) is 6. The number of ether oxygens (including phenoxy) is 1. The molecule has 0 radical (unpaired) electrons. The predicted molar refractivity (Wildman–Crippen MR) is 66.0 cm³/mol. The summed E-state index contributed by atoms with van der Waals surface area (Å²) in [6, 6.07) is 5.57.